The highest BCUT2D eigenvalue weighted by atomic mass is 16.1. The zero-order valence-corrected chi connectivity index (χ0v) is 17.1. The third kappa shape index (κ3) is 3.24. The molecule has 0 radical (unpaired) electrons. The number of rotatable bonds is 4. The van der Waals surface area contributed by atoms with Gasteiger partial charge in [-0.15, -0.1) is 0 Å². The monoisotopic (exact) mass is 394 g/mol. The van der Waals surface area contributed by atoms with Crippen LogP contribution >= 0.6 is 0 Å². The molecule has 0 bridgehead atoms. The summed E-state index contributed by atoms with van der Waals surface area (Å²) in [6, 6.07) is 3.13. The Morgan fingerprint density at radius 2 is 1.79 bits per heavy atom. The fourth-order valence-electron chi connectivity index (χ4n) is 4.38. The van der Waals surface area contributed by atoms with Crippen molar-refractivity contribution in [1.29, 1.82) is 0 Å². The van der Waals surface area contributed by atoms with Crippen LogP contribution in [-0.2, 0) is 14.1 Å². The van der Waals surface area contributed by atoms with Crippen molar-refractivity contribution in [3.05, 3.63) is 34.6 Å². The molecule has 0 atom stereocenters. The topological polar surface area (TPSA) is 85.0 Å². The average Bonchev–Trinajstić information content (AvgIpc) is 3.46. The van der Waals surface area contributed by atoms with Crippen molar-refractivity contribution < 1.29 is 0 Å². The van der Waals surface area contributed by atoms with Crippen LogP contribution in [0.1, 0.15) is 31.4 Å². The maximum atomic E-state index is 12.7. The highest BCUT2D eigenvalue weighted by Crippen LogP contribution is 2.35. The van der Waals surface area contributed by atoms with Gasteiger partial charge in [0.1, 0.15) is 17.5 Å². The lowest BCUT2D eigenvalue weighted by molar-refractivity contribution is 0.452. The van der Waals surface area contributed by atoms with Gasteiger partial charge in [0.25, 0.3) is 5.56 Å². The molecule has 0 spiro atoms. The predicted octanol–water partition coefficient (Wildman–Crippen LogP) is 1.40. The summed E-state index contributed by atoms with van der Waals surface area (Å²) in [5.41, 5.74) is 1.47. The van der Waals surface area contributed by atoms with Gasteiger partial charge in [-0.3, -0.25) is 14.0 Å². The summed E-state index contributed by atoms with van der Waals surface area (Å²) in [5, 5.41) is 4.90. The molecule has 0 unspecified atom stereocenters. The maximum absolute atomic E-state index is 12.7. The van der Waals surface area contributed by atoms with Crippen molar-refractivity contribution in [3.8, 4) is 0 Å². The van der Waals surface area contributed by atoms with E-state index in [1.54, 1.807) is 28.8 Å². The van der Waals surface area contributed by atoms with E-state index in [2.05, 4.69) is 35.9 Å². The second kappa shape index (κ2) is 6.82. The minimum Gasteiger partial charge on any atom is -0.350 e. The quantitative estimate of drug-likeness (QED) is 0.661. The first-order valence-electron chi connectivity index (χ1n) is 10.2. The number of anilines is 2. The predicted molar refractivity (Wildman–Crippen MR) is 111 cm³/mol. The standard InChI is InChI=1S/C20H26N8O/c1-13-10-17(22-12-21-13)28(14-4-5-14)15-6-8-27(9-7-15)20-23-18-16(11-25(2)24-18)19(29)26(20)3/h10-12,14-15H,4-9H2,1-3H3. The average molecular weight is 394 g/mol. The number of nitrogens with zero attached hydrogens (tertiary/aromatic N) is 8. The van der Waals surface area contributed by atoms with E-state index in [9.17, 15) is 4.79 Å². The highest BCUT2D eigenvalue weighted by molar-refractivity contribution is 5.74. The summed E-state index contributed by atoms with van der Waals surface area (Å²) >= 11 is 0. The number of aryl methyl sites for hydroxylation is 2. The first-order chi connectivity index (χ1) is 14.0. The van der Waals surface area contributed by atoms with Crippen LogP contribution in [0.2, 0.25) is 0 Å². The van der Waals surface area contributed by atoms with E-state index in [-0.39, 0.29) is 5.56 Å². The van der Waals surface area contributed by atoms with Gasteiger partial charge in [0.05, 0.1) is 0 Å². The number of aromatic nitrogens is 6. The molecule has 1 aliphatic heterocycles. The minimum absolute atomic E-state index is 0.0451. The van der Waals surface area contributed by atoms with Crippen molar-refractivity contribution in [2.24, 2.45) is 14.1 Å². The van der Waals surface area contributed by atoms with Gasteiger partial charge in [0, 0.05) is 57.2 Å². The van der Waals surface area contributed by atoms with Gasteiger partial charge < -0.3 is 9.80 Å². The smallest absolute Gasteiger partial charge is 0.265 e. The number of hydrogen-bond donors (Lipinski definition) is 0. The van der Waals surface area contributed by atoms with Gasteiger partial charge in [0.15, 0.2) is 5.65 Å². The van der Waals surface area contributed by atoms with Crippen LogP contribution < -0.4 is 15.4 Å². The lowest BCUT2D eigenvalue weighted by Gasteiger charge is -2.40. The van der Waals surface area contributed by atoms with Crippen LogP contribution in [-0.4, -0.2) is 54.5 Å². The van der Waals surface area contributed by atoms with E-state index in [0.29, 0.717) is 29.1 Å². The van der Waals surface area contributed by atoms with Crippen LogP contribution in [0.15, 0.2) is 23.4 Å². The highest BCUT2D eigenvalue weighted by Gasteiger charge is 2.37. The van der Waals surface area contributed by atoms with Gasteiger partial charge >= 0.3 is 0 Å². The molecule has 3 aromatic rings. The summed E-state index contributed by atoms with van der Waals surface area (Å²) in [6.07, 6.45) is 7.88. The summed E-state index contributed by atoms with van der Waals surface area (Å²) < 4.78 is 3.29. The van der Waals surface area contributed by atoms with Crippen molar-refractivity contribution >= 4 is 22.8 Å². The second-order valence-corrected chi connectivity index (χ2v) is 8.19. The first kappa shape index (κ1) is 18.1. The molecule has 4 heterocycles. The lowest BCUT2D eigenvalue weighted by Crippen LogP contribution is -2.47. The molecular formula is C20H26N8O. The van der Waals surface area contributed by atoms with Crippen molar-refractivity contribution in [2.45, 2.75) is 44.7 Å². The molecule has 0 aromatic carbocycles. The summed E-state index contributed by atoms with van der Waals surface area (Å²) in [5.74, 6) is 1.74. The van der Waals surface area contributed by atoms with Gasteiger partial charge in [-0.1, -0.05) is 0 Å². The molecule has 1 saturated heterocycles. The third-order valence-corrected chi connectivity index (χ3v) is 5.99. The van der Waals surface area contributed by atoms with Crippen LogP contribution in [0, 0.1) is 6.92 Å². The second-order valence-electron chi connectivity index (χ2n) is 8.19. The normalized spacial score (nSPS) is 17.8. The zero-order chi connectivity index (χ0) is 20.1. The molecule has 29 heavy (non-hydrogen) atoms. The van der Waals surface area contributed by atoms with Crippen LogP contribution in [0.3, 0.4) is 0 Å². The third-order valence-electron chi connectivity index (χ3n) is 5.99. The number of hydrogen-bond acceptors (Lipinski definition) is 7. The van der Waals surface area contributed by atoms with Crippen LogP contribution in [0.25, 0.3) is 11.0 Å². The Morgan fingerprint density at radius 3 is 2.48 bits per heavy atom. The Bertz CT molecular complexity index is 1110. The van der Waals surface area contributed by atoms with E-state index in [1.807, 2.05) is 14.0 Å². The number of piperidine rings is 1. The first-order valence-corrected chi connectivity index (χ1v) is 10.2. The van der Waals surface area contributed by atoms with E-state index in [0.717, 1.165) is 37.4 Å². The van der Waals surface area contributed by atoms with E-state index >= 15 is 0 Å². The number of fused-ring (bicyclic) bond motifs is 1. The van der Waals surface area contributed by atoms with Gasteiger partial charge in [-0.2, -0.15) is 10.1 Å². The van der Waals surface area contributed by atoms with E-state index < -0.39 is 0 Å². The molecule has 9 nitrogen and oxygen atoms in total. The van der Waals surface area contributed by atoms with Gasteiger partial charge in [-0.25, -0.2) is 9.97 Å². The van der Waals surface area contributed by atoms with Crippen LogP contribution in [0.5, 0.6) is 0 Å². The Kier molecular flexibility index (Phi) is 4.25. The van der Waals surface area contributed by atoms with Crippen LogP contribution in [0.4, 0.5) is 11.8 Å². The van der Waals surface area contributed by atoms with Crippen molar-refractivity contribution in [3.63, 3.8) is 0 Å². The fourth-order valence-corrected chi connectivity index (χ4v) is 4.38. The molecule has 0 N–H and O–H groups in total. The maximum Gasteiger partial charge on any atom is 0.265 e. The summed E-state index contributed by atoms with van der Waals surface area (Å²) in [6.45, 7) is 3.73. The Hall–Kier alpha value is -2.97. The molecular weight excluding hydrogens is 368 g/mol. The Morgan fingerprint density at radius 1 is 1.07 bits per heavy atom. The summed E-state index contributed by atoms with van der Waals surface area (Å²) in [4.78, 5) is 30.9. The van der Waals surface area contributed by atoms with Crippen molar-refractivity contribution in [2.75, 3.05) is 22.9 Å². The van der Waals surface area contributed by atoms with Crippen molar-refractivity contribution in [1.82, 2.24) is 29.3 Å². The SMILES string of the molecule is Cc1cc(N(C2CC2)C2CCN(c3nc4nn(C)cc4c(=O)n3C)CC2)ncn1. The minimum atomic E-state index is -0.0451. The molecule has 2 fully saturated rings. The van der Waals surface area contributed by atoms with Gasteiger partial charge in [0.2, 0.25) is 5.95 Å². The fraction of sp³-hybridized carbons (Fsp3) is 0.550. The Balaban J connectivity index is 1.38. The van der Waals surface area contributed by atoms with Gasteiger partial charge in [-0.05, 0) is 32.6 Å². The van der Waals surface area contributed by atoms with E-state index in [1.165, 1.54) is 12.8 Å². The molecule has 9 heteroatoms. The molecule has 1 aliphatic carbocycles. The molecule has 1 saturated carbocycles. The zero-order valence-electron chi connectivity index (χ0n) is 17.1. The molecule has 2 aliphatic rings. The molecule has 152 valence electrons. The largest absolute Gasteiger partial charge is 0.350 e. The lowest BCUT2D eigenvalue weighted by atomic mass is 10.0. The van der Waals surface area contributed by atoms with E-state index in [4.69, 9.17) is 0 Å². The molecule has 5 rings (SSSR count). The Labute approximate surface area is 169 Å². The molecule has 3 aromatic heterocycles. The summed E-state index contributed by atoms with van der Waals surface area (Å²) in [7, 11) is 3.61. The molecule has 0 amide bonds.